The molecular weight excluding hydrogens is 305 g/mol. The lowest BCUT2D eigenvalue weighted by Gasteiger charge is -2.40. The Bertz CT molecular complexity index is 666. The van der Waals surface area contributed by atoms with Crippen LogP contribution in [-0.4, -0.2) is 5.91 Å². The van der Waals surface area contributed by atoms with Gasteiger partial charge < -0.3 is 5.32 Å². The van der Waals surface area contributed by atoms with E-state index < -0.39 is 5.41 Å². The second-order valence-corrected chi connectivity index (χ2v) is 6.22. The summed E-state index contributed by atoms with van der Waals surface area (Å²) in [7, 11) is 0. The van der Waals surface area contributed by atoms with Gasteiger partial charge in [-0.3, -0.25) is 4.79 Å². The molecular formula is C17H15Cl2NO. The third-order valence-electron chi connectivity index (χ3n) is 4.15. The standard InChI is InChI=1S/C17H15Cl2NO/c18-13-7-8-15(14(19)11-13)20-16(21)17(9-4-10-17)12-5-2-1-3-6-12/h1-3,5-8,11H,4,9-10H2,(H,20,21). The average Bonchev–Trinajstić information content (AvgIpc) is 2.42. The molecule has 0 bridgehead atoms. The van der Waals surface area contributed by atoms with Crippen LogP contribution in [0, 0.1) is 0 Å². The number of hydrogen-bond acceptors (Lipinski definition) is 1. The lowest BCUT2D eigenvalue weighted by molar-refractivity contribution is -0.124. The Morgan fingerprint density at radius 3 is 2.33 bits per heavy atom. The molecule has 0 atom stereocenters. The van der Waals surface area contributed by atoms with Gasteiger partial charge in [0.1, 0.15) is 0 Å². The Morgan fingerprint density at radius 1 is 1.05 bits per heavy atom. The van der Waals surface area contributed by atoms with Crippen LogP contribution in [0.25, 0.3) is 0 Å². The third kappa shape index (κ3) is 2.66. The summed E-state index contributed by atoms with van der Waals surface area (Å²) in [5.41, 5.74) is 1.25. The molecule has 3 rings (SSSR count). The quantitative estimate of drug-likeness (QED) is 0.842. The highest BCUT2D eigenvalue weighted by atomic mass is 35.5. The van der Waals surface area contributed by atoms with Crippen LogP contribution in [0.15, 0.2) is 48.5 Å². The molecule has 2 nitrogen and oxygen atoms in total. The van der Waals surface area contributed by atoms with Gasteiger partial charge in [-0.25, -0.2) is 0 Å². The molecule has 0 heterocycles. The lowest BCUT2D eigenvalue weighted by Crippen LogP contribution is -2.46. The Hall–Kier alpha value is -1.51. The van der Waals surface area contributed by atoms with Crippen LogP contribution in [0.5, 0.6) is 0 Å². The Morgan fingerprint density at radius 2 is 1.76 bits per heavy atom. The van der Waals surface area contributed by atoms with Crippen LogP contribution < -0.4 is 5.32 Å². The van der Waals surface area contributed by atoms with Crippen molar-refractivity contribution in [1.82, 2.24) is 0 Å². The highest BCUT2D eigenvalue weighted by Crippen LogP contribution is 2.44. The minimum absolute atomic E-state index is 0.00386. The summed E-state index contributed by atoms with van der Waals surface area (Å²) in [6.45, 7) is 0. The number of anilines is 1. The van der Waals surface area contributed by atoms with E-state index in [0.29, 0.717) is 15.7 Å². The Balaban J connectivity index is 1.87. The zero-order valence-electron chi connectivity index (χ0n) is 11.4. The summed E-state index contributed by atoms with van der Waals surface area (Å²) in [5.74, 6) is 0.00386. The van der Waals surface area contributed by atoms with Crippen LogP contribution in [0.4, 0.5) is 5.69 Å². The minimum atomic E-state index is -0.426. The average molecular weight is 320 g/mol. The number of nitrogens with one attached hydrogen (secondary N) is 1. The fourth-order valence-electron chi connectivity index (χ4n) is 2.77. The lowest BCUT2D eigenvalue weighted by atomic mass is 9.64. The predicted octanol–water partition coefficient (Wildman–Crippen LogP) is 5.05. The Kier molecular flexibility index (Phi) is 3.92. The molecule has 1 saturated carbocycles. The van der Waals surface area contributed by atoms with Crippen LogP contribution in [-0.2, 0) is 10.2 Å². The van der Waals surface area contributed by atoms with Crippen molar-refractivity contribution in [2.24, 2.45) is 0 Å². The molecule has 21 heavy (non-hydrogen) atoms. The van der Waals surface area contributed by atoms with E-state index in [1.54, 1.807) is 18.2 Å². The van der Waals surface area contributed by atoms with E-state index in [1.165, 1.54) is 0 Å². The summed E-state index contributed by atoms with van der Waals surface area (Å²) in [6.07, 6.45) is 2.80. The monoisotopic (exact) mass is 319 g/mol. The second-order valence-electron chi connectivity index (χ2n) is 5.38. The van der Waals surface area contributed by atoms with Crippen molar-refractivity contribution in [3.05, 3.63) is 64.1 Å². The van der Waals surface area contributed by atoms with E-state index in [9.17, 15) is 4.79 Å². The van der Waals surface area contributed by atoms with Gasteiger partial charge in [0.05, 0.1) is 16.1 Å². The molecule has 2 aromatic rings. The van der Waals surface area contributed by atoms with Crippen molar-refractivity contribution >= 4 is 34.8 Å². The zero-order chi connectivity index (χ0) is 14.9. The van der Waals surface area contributed by atoms with Crippen LogP contribution in [0.3, 0.4) is 0 Å². The molecule has 1 aliphatic rings. The molecule has 0 radical (unpaired) electrons. The molecule has 1 fully saturated rings. The van der Waals surface area contributed by atoms with E-state index >= 15 is 0 Å². The van der Waals surface area contributed by atoms with Crippen molar-refractivity contribution in [2.75, 3.05) is 5.32 Å². The number of halogens is 2. The van der Waals surface area contributed by atoms with Gasteiger partial charge in [-0.1, -0.05) is 60.0 Å². The van der Waals surface area contributed by atoms with Crippen molar-refractivity contribution in [3.8, 4) is 0 Å². The zero-order valence-corrected chi connectivity index (χ0v) is 12.9. The first-order valence-electron chi connectivity index (χ1n) is 6.94. The normalized spacial score (nSPS) is 16.1. The van der Waals surface area contributed by atoms with Gasteiger partial charge in [0.15, 0.2) is 0 Å². The molecule has 2 aromatic carbocycles. The van der Waals surface area contributed by atoms with Gasteiger partial charge in [0, 0.05) is 5.02 Å². The summed E-state index contributed by atoms with van der Waals surface area (Å²) < 4.78 is 0. The first kappa shape index (κ1) is 14.4. The van der Waals surface area contributed by atoms with Gasteiger partial charge in [-0.15, -0.1) is 0 Å². The maximum absolute atomic E-state index is 12.8. The maximum Gasteiger partial charge on any atom is 0.235 e. The molecule has 108 valence electrons. The molecule has 0 aliphatic heterocycles. The molecule has 1 amide bonds. The van der Waals surface area contributed by atoms with E-state index in [2.05, 4.69) is 5.32 Å². The number of rotatable bonds is 3. The third-order valence-corrected chi connectivity index (χ3v) is 4.70. The van der Waals surface area contributed by atoms with Crippen molar-refractivity contribution in [1.29, 1.82) is 0 Å². The molecule has 0 unspecified atom stereocenters. The maximum atomic E-state index is 12.8. The summed E-state index contributed by atoms with van der Waals surface area (Å²) in [4.78, 5) is 12.8. The van der Waals surface area contributed by atoms with Crippen LogP contribution in [0.2, 0.25) is 10.0 Å². The number of amides is 1. The van der Waals surface area contributed by atoms with Crippen molar-refractivity contribution in [2.45, 2.75) is 24.7 Å². The molecule has 0 spiro atoms. The van der Waals surface area contributed by atoms with Crippen molar-refractivity contribution in [3.63, 3.8) is 0 Å². The topological polar surface area (TPSA) is 29.1 Å². The molecule has 4 heteroatoms. The summed E-state index contributed by atoms with van der Waals surface area (Å²) in [6, 6.07) is 15.0. The van der Waals surface area contributed by atoms with E-state index in [1.807, 2.05) is 30.3 Å². The molecule has 0 saturated heterocycles. The van der Waals surface area contributed by atoms with Gasteiger partial charge in [-0.2, -0.15) is 0 Å². The van der Waals surface area contributed by atoms with Crippen molar-refractivity contribution < 1.29 is 4.79 Å². The Labute approximate surface area is 134 Å². The molecule has 1 aliphatic carbocycles. The van der Waals surface area contributed by atoms with E-state index in [4.69, 9.17) is 23.2 Å². The number of carbonyl (C=O) groups excluding carboxylic acids is 1. The van der Waals surface area contributed by atoms with Gasteiger partial charge in [0.25, 0.3) is 0 Å². The van der Waals surface area contributed by atoms with Gasteiger partial charge >= 0.3 is 0 Å². The second kappa shape index (κ2) is 5.70. The molecule has 1 N–H and O–H groups in total. The van der Waals surface area contributed by atoms with Crippen LogP contribution >= 0.6 is 23.2 Å². The minimum Gasteiger partial charge on any atom is -0.324 e. The van der Waals surface area contributed by atoms with E-state index in [-0.39, 0.29) is 5.91 Å². The fourth-order valence-corrected chi connectivity index (χ4v) is 3.22. The smallest absolute Gasteiger partial charge is 0.235 e. The number of carbonyl (C=O) groups is 1. The van der Waals surface area contributed by atoms with Crippen LogP contribution in [0.1, 0.15) is 24.8 Å². The predicted molar refractivity (Wildman–Crippen MR) is 87.1 cm³/mol. The number of hydrogen-bond donors (Lipinski definition) is 1. The summed E-state index contributed by atoms with van der Waals surface area (Å²) >= 11 is 12.0. The van der Waals surface area contributed by atoms with Gasteiger partial charge in [-0.05, 0) is 36.6 Å². The first-order valence-corrected chi connectivity index (χ1v) is 7.69. The molecule has 0 aromatic heterocycles. The highest BCUT2D eigenvalue weighted by Gasteiger charge is 2.45. The number of benzene rings is 2. The first-order chi connectivity index (χ1) is 10.1. The van der Waals surface area contributed by atoms with Gasteiger partial charge in [0.2, 0.25) is 5.91 Å². The highest BCUT2D eigenvalue weighted by molar-refractivity contribution is 6.36. The summed E-state index contributed by atoms with van der Waals surface area (Å²) in [5, 5.41) is 3.96. The largest absolute Gasteiger partial charge is 0.324 e. The fraction of sp³-hybridized carbons (Fsp3) is 0.235. The SMILES string of the molecule is O=C(Nc1ccc(Cl)cc1Cl)C1(c2ccccc2)CCC1. The van der Waals surface area contributed by atoms with E-state index in [0.717, 1.165) is 24.8 Å².